The second kappa shape index (κ2) is 9.22. The number of cyclic esters (lactones) is 1. The van der Waals surface area contributed by atoms with Crippen molar-refractivity contribution in [2.45, 2.75) is 37.8 Å². The maximum Gasteiger partial charge on any atom is 0.411 e. The Hall–Kier alpha value is -3.67. The van der Waals surface area contributed by atoms with Gasteiger partial charge in [-0.25, -0.2) is 4.79 Å². The number of ether oxygens (including phenoxy) is 1. The van der Waals surface area contributed by atoms with Crippen LogP contribution in [0.15, 0.2) is 79.1 Å². The largest absolute Gasteiger partial charge is 0.438 e. The van der Waals surface area contributed by atoms with Crippen LogP contribution in [0.25, 0.3) is 11.1 Å². The van der Waals surface area contributed by atoms with Crippen LogP contribution in [0.3, 0.4) is 0 Å². The third kappa shape index (κ3) is 4.49. The molecule has 1 aromatic heterocycles. The third-order valence-electron chi connectivity index (χ3n) is 6.20. The Bertz CT molecular complexity index is 1070. The van der Waals surface area contributed by atoms with Gasteiger partial charge >= 0.3 is 6.09 Å². The summed E-state index contributed by atoms with van der Waals surface area (Å²) < 4.78 is 6.03. The molecule has 6 nitrogen and oxygen atoms in total. The minimum Gasteiger partial charge on any atom is -0.438 e. The maximum absolute atomic E-state index is 13.1. The maximum atomic E-state index is 13.1. The molecule has 0 aliphatic carbocycles. The molecule has 32 heavy (non-hydrogen) atoms. The fourth-order valence-electron chi connectivity index (χ4n) is 4.28. The Balaban J connectivity index is 1.51. The lowest BCUT2D eigenvalue weighted by Crippen LogP contribution is -2.49. The van der Waals surface area contributed by atoms with Crippen molar-refractivity contribution in [3.05, 3.63) is 90.3 Å². The Labute approximate surface area is 188 Å². The van der Waals surface area contributed by atoms with Gasteiger partial charge < -0.3 is 15.4 Å². The monoisotopic (exact) mass is 429 g/mol. The van der Waals surface area contributed by atoms with Gasteiger partial charge in [0.25, 0.3) is 0 Å². The highest BCUT2D eigenvalue weighted by Gasteiger charge is 2.43. The van der Waals surface area contributed by atoms with Crippen LogP contribution < -0.4 is 5.73 Å². The lowest BCUT2D eigenvalue weighted by molar-refractivity contribution is -0.121. The van der Waals surface area contributed by atoms with E-state index in [0.717, 1.165) is 22.3 Å². The van der Waals surface area contributed by atoms with Crippen LogP contribution in [0.1, 0.15) is 43.4 Å². The van der Waals surface area contributed by atoms with Crippen LogP contribution >= 0.6 is 0 Å². The number of carbonyl (C=O) groups is 2. The highest BCUT2D eigenvalue weighted by molar-refractivity contribution is 5.74. The summed E-state index contributed by atoms with van der Waals surface area (Å²) in [6, 6.07) is 21.5. The SMILES string of the molecule is C[C@@H](c1ccc(-c2cccnc2)cc1)N1CC[C@](CCC(N)=O)(c2ccccc2)OC1=O. The summed E-state index contributed by atoms with van der Waals surface area (Å²) in [5.74, 6) is -0.402. The second-order valence-electron chi connectivity index (χ2n) is 8.18. The van der Waals surface area contributed by atoms with Crippen molar-refractivity contribution in [3.63, 3.8) is 0 Å². The van der Waals surface area contributed by atoms with E-state index in [-0.39, 0.29) is 18.6 Å². The van der Waals surface area contributed by atoms with Crippen molar-refractivity contribution in [1.82, 2.24) is 9.88 Å². The first-order valence-electron chi connectivity index (χ1n) is 10.8. The molecule has 2 amide bonds. The van der Waals surface area contributed by atoms with E-state index in [2.05, 4.69) is 4.98 Å². The van der Waals surface area contributed by atoms with Crippen LogP contribution in [0, 0.1) is 0 Å². The van der Waals surface area contributed by atoms with Crippen molar-refractivity contribution in [2.75, 3.05) is 6.54 Å². The lowest BCUT2D eigenvalue weighted by Gasteiger charge is -2.43. The zero-order valence-corrected chi connectivity index (χ0v) is 18.1. The molecule has 2 atom stereocenters. The van der Waals surface area contributed by atoms with Crippen molar-refractivity contribution in [1.29, 1.82) is 0 Å². The van der Waals surface area contributed by atoms with Gasteiger partial charge in [-0.05, 0) is 35.2 Å². The topological polar surface area (TPSA) is 85.5 Å². The molecule has 0 spiro atoms. The molecule has 0 radical (unpaired) electrons. The quantitative estimate of drug-likeness (QED) is 0.584. The van der Waals surface area contributed by atoms with Gasteiger partial charge in [-0.2, -0.15) is 0 Å². The van der Waals surface area contributed by atoms with Gasteiger partial charge in [0.1, 0.15) is 5.60 Å². The fraction of sp³-hybridized carbons (Fsp3) is 0.269. The molecule has 164 valence electrons. The van der Waals surface area contributed by atoms with Gasteiger partial charge in [-0.15, -0.1) is 0 Å². The number of hydrogen-bond donors (Lipinski definition) is 1. The van der Waals surface area contributed by atoms with Crippen LogP contribution in [0.5, 0.6) is 0 Å². The number of carbonyl (C=O) groups excluding carboxylic acids is 2. The summed E-state index contributed by atoms with van der Waals surface area (Å²) in [4.78, 5) is 30.5. The minimum absolute atomic E-state index is 0.143. The molecule has 1 aliphatic heterocycles. The molecule has 0 unspecified atom stereocenters. The van der Waals surface area contributed by atoms with E-state index in [9.17, 15) is 9.59 Å². The summed E-state index contributed by atoms with van der Waals surface area (Å²) in [7, 11) is 0. The summed E-state index contributed by atoms with van der Waals surface area (Å²) in [5.41, 5.74) is 8.59. The van der Waals surface area contributed by atoms with Gasteiger partial charge in [-0.3, -0.25) is 9.78 Å². The third-order valence-corrected chi connectivity index (χ3v) is 6.20. The van der Waals surface area contributed by atoms with Crippen LogP contribution in [-0.4, -0.2) is 28.4 Å². The number of pyridine rings is 1. The number of amides is 2. The van der Waals surface area contributed by atoms with E-state index in [1.807, 2.05) is 79.9 Å². The molecule has 4 rings (SSSR count). The molecule has 6 heteroatoms. The highest BCUT2D eigenvalue weighted by atomic mass is 16.6. The number of benzene rings is 2. The highest BCUT2D eigenvalue weighted by Crippen LogP contribution is 2.40. The van der Waals surface area contributed by atoms with E-state index in [1.165, 1.54) is 0 Å². The van der Waals surface area contributed by atoms with E-state index in [0.29, 0.717) is 19.4 Å². The first-order valence-corrected chi connectivity index (χ1v) is 10.8. The Kier molecular flexibility index (Phi) is 6.21. The van der Waals surface area contributed by atoms with E-state index >= 15 is 0 Å². The molecule has 2 aromatic carbocycles. The van der Waals surface area contributed by atoms with Crippen LogP contribution in [0.4, 0.5) is 4.79 Å². The van der Waals surface area contributed by atoms with Gasteiger partial charge in [0.2, 0.25) is 5.91 Å². The number of primary amides is 1. The predicted octanol–water partition coefficient (Wildman–Crippen LogP) is 4.81. The average molecular weight is 430 g/mol. The molecule has 1 saturated heterocycles. The lowest BCUT2D eigenvalue weighted by atomic mass is 9.84. The smallest absolute Gasteiger partial charge is 0.411 e. The number of rotatable bonds is 7. The molecule has 0 bridgehead atoms. The molecule has 2 heterocycles. The zero-order valence-electron chi connectivity index (χ0n) is 18.1. The number of nitrogens with zero attached hydrogens (tertiary/aromatic N) is 2. The summed E-state index contributed by atoms with van der Waals surface area (Å²) in [6.45, 7) is 2.53. The van der Waals surface area contributed by atoms with Gasteiger partial charge in [-0.1, -0.05) is 60.7 Å². The first kappa shape index (κ1) is 21.6. The van der Waals surface area contributed by atoms with Crippen molar-refractivity contribution >= 4 is 12.0 Å². The number of nitrogens with two attached hydrogens (primary N) is 1. The predicted molar refractivity (Wildman–Crippen MR) is 122 cm³/mol. The molecule has 2 N–H and O–H groups in total. The van der Waals surface area contributed by atoms with Gasteiger partial charge in [0, 0.05) is 38.2 Å². The number of hydrogen-bond acceptors (Lipinski definition) is 4. The molecule has 0 saturated carbocycles. The van der Waals surface area contributed by atoms with Gasteiger partial charge in [0.15, 0.2) is 0 Å². The molecule has 1 fully saturated rings. The van der Waals surface area contributed by atoms with E-state index in [1.54, 1.807) is 11.1 Å². The molecule has 1 aliphatic rings. The Morgan fingerprint density at radius 2 is 1.84 bits per heavy atom. The van der Waals surface area contributed by atoms with Crippen molar-refractivity contribution < 1.29 is 14.3 Å². The van der Waals surface area contributed by atoms with Crippen molar-refractivity contribution in [3.8, 4) is 11.1 Å². The minimum atomic E-state index is -0.840. The van der Waals surface area contributed by atoms with Crippen molar-refractivity contribution in [2.24, 2.45) is 5.73 Å². The summed E-state index contributed by atoms with van der Waals surface area (Å²) in [5, 5.41) is 0. The zero-order chi connectivity index (χ0) is 22.6. The second-order valence-corrected chi connectivity index (χ2v) is 8.18. The Morgan fingerprint density at radius 3 is 2.47 bits per heavy atom. The molecule has 3 aromatic rings. The molecular formula is C26H27N3O3. The van der Waals surface area contributed by atoms with E-state index < -0.39 is 11.5 Å². The first-order chi connectivity index (χ1) is 15.5. The van der Waals surface area contributed by atoms with E-state index in [4.69, 9.17) is 10.5 Å². The van der Waals surface area contributed by atoms with Crippen LogP contribution in [0.2, 0.25) is 0 Å². The van der Waals surface area contributed by atoms with Crippen LogP contribution in [-0.2, 0) is 15.1 Å². The Morgan fingerprint density at radius 1 is 1.09 bits per heavy atom. The fourth-order valence-corrected chi connectivity index (χ4v) is 4.28. The average Bonchev–Trinajstić information content (AvgIpc) is 2.83. The van der Waals surface area contributed by atoms with Gasteiger partial charge in [0.05, 0.1) is 6.04 Å². The molecular weight excluding hydrogens is 402 g/mol. The normalized spacial score (nSPS) is 19.3. The number of aromatic nitrogens is 1. The summed E-state index contributed by atoms with van der Waals surface area (Å²) in [6.07, 6.45) is 4.33. The standard InChI is InChI=1S/C26H27N3O3/c1-19(20-9-11-21(12-10-20)22-6-5-16-28-18-22)29-17-15-26(32-25(29)31,14-13-24(27)30)23-7-3-2-4-8-23/h2-12,16,18-19H,13-15,17H2,1H3,(H2,27,30)/t19-,26+/m0/s1. The summed E-state index contributed by atoms with van der Waals surface area (Å²) >= 11 is 0.